The third kappa shape index (κ3) is 3.24. The third-order valence-electron chi connectivity index (χ3n) is 3.49. The lowest BCUT2D eigenvalue weighted by atomic mass is 9.84. The van der Waals surface area contributed by atoms with Gasteiger partial charge in [0.1, 0.15) is 5.82 Å². The van der Waals surface area contributed by atoms with Gasteiger partial charge in [0.15, 0.2) is 0 Å². The Morgan fingerprint density at radius 3 is 2.63 bits per heavy atom. The second-order valence-corrected chi connectivity index (χ2v) is 6.02. The molecule has 1 aromatic heterocycles. The van der Waals surface area contributed by atoms with Crippen molar-refractivity contribution >= 4 is 16.6 Å². The van der Waals surface area contributed by atoms with Gasteiger partial charge in [-0.25, -0.2) is 4.98 Å². The van der Waals surface area contributed by atoms with Gasteiger partial charge >= 0.3 is 0 Å². The van der Waals surface area contributed by atoms with Crippen molar-refractivity contribution in [2.24, 2.45) is 11.1 Å². The number of pyridine rings is 1. The molecule has 2 rings (SSSR count). The molecule has 0 bridgehead atoms. The largest absolute Gasteiger partial charge is 0.366 e. The Kier molecular flexibility index (Phi) is 4.05. The maximum atomic E-state index is 5.73. The van der Waals surface area contributed by atoms with Gasteiger partial charge in [-0.3, -0.25) is 0 Å². The van der Waals surface area contributed by atoms with E-state index in [1.54, 1.807) is 0 Å². The van der Waals surface area contributed by atoms with E-state index in [4.69, 9.17) is 5.73 Å². The molecule has 0 radical (unpaired) electrons. The van der Waals surface area contributed by atoms with E-state index in [0.717, 1.165) is 17.6 Å². The summed E-state index contributed by atoms with van der Waals surface area (Å²) in [4.78, 5) is 4.49. The molecule has 0 aliphatic rings. The van der Waals surface area contributed by atoms with Crippen molar-refractivity contribution < 1.29 is 0 Å². The lowest BCUT2D eigenvalue weighted by Gasteiger charge is -2.32. The van der Waals surface area contributed by atoms with Gasteiger partial charge in [0.2, 0.25) is 0 Å². The fourth-order valence-electron chi connectivity index (χ4n) is 2.29. The summed E-state index contributed by atoms with van der Waals surface area (Å²) in [7, 11) is 0. The van der Waals surface area contributed by atoms with Crippen LogP contribution in [0.3, 0.4) is 0 Å². The Morgan fingerprint density at radius 2 is 1.95 bits per heavy atom. The number of nitrogens with zero attached hydrogens (tertiary/aromatic N) is 1. The van der Waals surface area contributed by atoms with Crippen LogP contribution in [0.1, 0.15) is 27.2 Å². The van der Waals surface area contributed by atoms with E-state index >= 15 is 0 Å². The van der Waals surface area contributed by atoms with E-state index in [-0.39, 0.29) is 5.41 Å². The highest BCUT2D eigenvalue weighted by molar-refractivity contribution is 5.91. The summed E-state index contributed by atoms with van der Waals surface area (Å²) in [6, 6.07) is 10.7. The maximum absolute atomic E-state index is 5.73. The number of hydrogen-bond donors (Lipinski definition) is 2. The second kappa shape index (κ2) is 5.57. The van der Waals surface area contributed by atoms with E-state index < -0.39 is 0 Å². The molecule has 1 heterocycles. The Balaban J connectivity index is 2.34. The van der Waals surface area contributed by atoms with Crippen LogP contribution >= 0.6 is 0 Å². The molecule has 3 heteroatoms. The molecule has 19 heavy (non-hydrogen) atoms. The summed E-state index contributed by atoms with van der Waals surface area (Å²) >= 11 is 0. The van der Waals surface area contributed by atoms with Gasteiger partial charge in [0, 0.05) is 17.6 Å². The standard InChI is InChI=1S/C16H23N3/c1-16(2,3)14(8-10-17)19-15-13-7-5-4-6-12(13)9-11-18-15/h4-7,9,11,14H,8,10,17H2,1-3H3,(H,18,19). The van der Waals surface area contributed by atoms with Crippen molar-refractivity contribution in [2.45, 2.75) is 33.2 Å². The smallest absolute Gasteiger partial charge is 0.134 e. The van der Waals surface area contributed by atoms with Crippen LogP contribution in [0.5, 0.6) is 0 Å². The minimum atomic E-state index is 0.151. The normalized spacial score (nSPS) is 13.5. The third-order valence-corrected chi connectivity index (χ3v) is 3.49. The van der Waals surface area contributed by atoms with Crippen molar-refractivity contribution in [3.63, 3.8) is 0 Å². The SMILES string of the molecule is CC(C)(C)C(CCN)Nc1nccc2ccccc12. The number of nitrogens with two attached hydrogens (primary N) is 1. The summed E-state index contributed by atoms with van der Waals surface area (Å²) in [5.41, 5.74) is 5.88. The van der Waals surface area contributed by atoms with E-state index in [2.05, 4.69) is 43.2 Å². The first-order chi connectivity index (χ1) is 9.02. The van der Waals surface area contributed by atoms with Gasteiger partial charge in [0.25, 0.3) is 0 Å². The molecule has 2 aromatic rings. The number of nitrogens with one attached hydrogen (secondary N) is 1. The van der Waals surface area contributed by atoms with Crippen molar-refractivity contribution in [2.75, 3.05) is 11.9 Å². The highest BCUT2D eigenvalue weighted by atomic mass is 15.0. The Labute approximate surface area is 115 Å². The molecule has 0 amide bonds. The molecule has 0 aliphatic carbocycles. The van der Waals surface area contributed by atoms with Crippen LogP contribution in [0.15, 0.2) is 36.5 Å². The Hall–Kier alpha value is -1.61. The molecule has 0 aliphatic heterocycles. The van der Waals surface area contributed by atoms with E-state index in [1.807, 2.05) is 24.4 Å². The molecular weight excluding hydrogens is 234 g/mol. The minimum absolute atomic E-state index is 0.151. The predicted molar refractivity (Wildman–Crippen MR) is 82.3 cm³/mol. The Morgan fingerprint density at radius 1 is 1.21 bits per heavy atom. The molecule has 102 valence electrons. The van der Waals surface area contributed by atoms with E-state index in [0.29, 0.717) is 12.6 Å². The number of benzene rings is 1. The first-order valence-electron chi connectivity index (χ1n) is 6.83. The molecule has 1 atom stereocenters. The molecule has 1 aromatic carbocycles. The molecule has 3 N–H and O–H groups in total. The fraction of sp³-hybridized carbons (Fsp3) is 0.438. The average Bonchev–Trinajstić information content (AvgIpc) is 2.37. The van der Waals surface area contributed by atoms with Gasteiger partial charge < -0.3 is 11.1 Å². The number of rotatable bonds is 4. The van der Waals surface area contributed by atoms with Gasteiger partial charge in [0.05, 0.1) is 0 Å². The van der Waals surface area contributed by atoms with Crippen LogP contribution in [-0.2, 0) is 0 Å². The van der Waals surface area contributed by atoms with Crippen LogP contribution in [0.4, 0.5) is 5.82 Å². The highest BCUT2D eigenvalue weighted by Crippen LogP contribution is 2.28. The highest BCUT2D eigenvalue weighted by Gasteiger charge is 2.24. The van der Waals surface area contributed by atoms with Gasteiger partial charge in [-0.2, -0.15) is 0 Å². The van der Waals surface area contributed by atoms with Crippen molar-refractivity contribution in [3.8, 4) is 0 Å². The quantitative estimate of drug-likeness (QED) is 0.882. The zero-order chi connectivity index (χ0) is 13.9. The first kappa shape index (κ1) is 13.8. The molecule has 3 nitrogen and oxygen atoms in total. The van der Waals surface area contributed by atoms with Gasteiger partial charge in [-0.1, -0.05) is 45.0 Å². The van der Waals surface area contributed by atoms with Crippen LogP contribution in [0, 0.1) is 5.41 Å². The summed E-state index contributed by atoms with van der Waals surface area (Å²) in [5.74, 6) is 0.950. The molecule has 0 saturated heterocycles. The minimum Gasteiger partial charge on any atom is -0.366 e. The van der Waals surface area contributed by atoms with Crippen molar-refractivity contribution in [1.82, 2.24) is 4.98 Å². The monoisotopic (exact) mass is 257 g/mol. The molecule has 1 unspecified atom stereocenters. The van der Waals surface area contributed by atoms with Crippen LogP contribution in [0.2, 0.25) is 0 Å². The molecule has 0 saturated carbocycles. The summed E-state index contributed by atoms with van der Waals surface area (Å²) in [5, 5.41) is 5.94. The average molecular weight is 257 g/mol. The number of hydrogen-bond acceptors (Lipinski definition) is 3. The van der Waals surface area contributed by atoms with Gasteiger partial charge in [-0.05, 0) is 29.8 Å². The molecule has 0 spiro atoms. The van der Waals surface area contributed by atoms with E-state index in [1.165, 1.54) is 5.39 Å². The summed E-state index contributed by atoms with van der Waals surface area (Å²) in [6.07, 6.45) is 2.79. The van der Waals surface area contributed by atoms with Crippen LogP contribution in [-0.4, -0.2) is 17.6 Å². The summed E-state index contributed by atoms with van der Waals surface area (Å²) in [6.45, 7) is 7.36. The molecule has 0 fully saturated rings. The second-order valence-electron chi connectivity index (χ2n) is 6.02. The maximum Gasteiger partial charge on any atom is 0.134 e. The van der Waals surface area contributed by atoms with E-state index in [9.17, 15) is 0 Å². The molecular formula is C16H23N3. The number of anilines is 1. The number of fused-ring (bicyclic) bond motifs is 1. The van der Waals surface area contributed by atoms with Crippen molar-refractivity contribution in [1.29, 1.82) is 0 Å². The zero-order valence-corrected chi connectivity index (χ0v) is 12.0. The summed E-state index contributed by atoms with van der Waals surface area (Å²) < 4.78 is 0. The lowest BCUT2D eigenvalue weighted by Crippen LogP contribution is -2.36. The first-order valence-corrected chi connectivity index (χ1v) is 6.83. The lowest BCUT2D eigenvalue weighted by molar-refractivity contribution is 0.328. The van der Waals surface area contributed by atoms with Crippen LogP contribution < -0.4 is 11.1 Å². The van der Waals surface area contributed by atoms with Gasteiger partial charge in [-0.15, -0.1) is 0 Å². The Bertz CT molecular complexity index is 538. The van der Waals surface area contributed by atoms with Crippen LogP contribution in [0.25, 0.3) is 10.8 Å². The fourth-order valence-corrected chi connectivity index (χ4v) is 2.29. The zero-order valence-electron chi connectivity index (χ0n) is 12.0. The topological polar surface area (TPSA) is 50.9 Å². The number of aromatic nitrogens is 1. The van der Waals surface area contributed by atoms with Crippen molar-refractivity contribution in [3.05, 3.63) is 36.5 Å². The predicted octanol–water partition coefficient (Wildman–Crippen LogP) is 3.41.